The SMILES string of the molecule is CC(=O)NC1=CCC(C(=O)NN=C(C)CC(=O)Nc2cc(C)cc(C)c2)=C=C1. The normalized spacial score (nSPS) is 13.4. The van der Waals surface area contributed by atoms with Gasteiger partial charge in [-0.1, -0.05) is 12.1 Å². The summed E-state index contributed by atoms with van der Waals surface area (Å²) in [4.78, 5) is 35.3. The lowest BCUT2D eigenvalue weighted by atomic mass is 10.1. The Morgan fingerprint density at radius 1 is 1.07 bits per heavy atom. The number of nitrogens with zero attached hydrogens (tertiary/aromatic N) is 1. The zero-order valence-corrected chi connectivity index (χ0v) is 16.5. The van der Waals surface area contributed by atoms with Crippen molar-refractivity contribution in [3.05, 3.63) is 58.5 Å². The smallest absolute Gasteiger partial charge is 0.275 e. The van der Waals surface area contributed by atoms with Crippen molar-refractivity contribution in [2.45, 2.75) is 40.5 Å². The molecule has 28 heavy (non-hydrogen) atoms. The van der Waals surface area contributed by atoms with Gasteiger partial charge in [0.15, 0.2) is 0 Å². The number of hydrazone groups is 1. The molecule has 0 spiro atoms. The van der Waals surface area contributed by atoms with Crippen LogP contribution < -0.4 is 16.1 Å². The van der Waals surface area contributed by atoms with Crippen molar-refractivity contribution < 1.29 is 14.4 Å². The summed E-state index contributed by atoms with van der Waals surface area (Å²) in [6.07, 6.45) is 3.66. The van der Waals surface area contributed by atoms with E-state index in [1.807, 2.05) is 32.0 Å². The Hall–Kier alpha value is -3.44. The summed E-state index contributed by atoms with van der Waals surface area (Å²) in [5.41, 5.74) is 9.60. The van der Waals surface area contributed by atoms with Gasteiger partial charge in [-0.05, 0) is 44.0 Å². The predicted octanol–water partition coefficient (Wildman–Crippen LogP) is 2.63. The maximum Gasteiger partial charge on any atom is 0.275 e. The minimum atomic E-state index is -0.400. The standard InChI is InChI=1S/C21H24N4O3/c1-13-9-14(2)11-19(10-13)23-20(27)12-15(3)24-25-21(28)17-5-7-18(8-6-17)22-16(4)26/h7-11H,5,12H2,1-4H3,(H,22,26)(H,23,27)(H,25,28). The minimum Gasteiger partial charge on any atom is -0.326 e. The maximum atomic E-state index is 12.1. The number of hydrogen-bond donors (Lipinski definition) is 3. The van der Waals surface area contributed by atoms with E-state index in [1.165, 1.54) is 13.0 Å². The second-order valence-corrected chi connectivity index (χ2v) is 6.70. The molecule has 0 aromatic heterocycles. The third-order valence-corrected chi connectivity index (χ3v) is 3.79. The van der Waals surface area contributed by atoms with Crippen molar-refractivity contribution in [1.29, 1.82) is 0 Å². The van der Waals surface area contributed by atoms with Crippen molar-refractivity contribution in [3.8, 4) is 0 Å². The van der Waals surface area contributed by atoms with Gasteiger partial charge in [-0.25, -0.2) is 5.43 Å². The molecule has 0 atom stereocenters. The van der Waals surface area contributed by atoms with Gasteiger partial charge in [0.2, 0.25) is 11.8 Å². The number of amides is 3. The third kappa shape index (κ3) is 6.70. The Balaban J connectivity index is 1.88. The number of carbonyl (C=O) groups excluding carboxylic acids is 3. The molecule has 1 aliphatic carbocycles. The molecule has 0 heterocycles. The number of aryl methyl sites for hydroxylation is 2. The Kier molecular flexibility index (Phi) is 7.07. The summed E-state index contributed by atoms with van der Waals surface area (Å²) in [5.74, 6) is -0.792. The first kappa shape index (κ1) is 20.9. The zero-order valence-electron chi connectivity index (χ0n) is 16.5. The van der Waals surface area contributed by atoms with Gasteiger partial charge in [-0.3, -0.25) is 14.4 Å². The molecule has 146 valence electrons. The highest BCUT2D eigenvalue weighted by molar-refractivity contribution is 6.06. The van der Waals surface area contributed by atoms with Gasteiger partial charge >= 0.3 is 0 Å². The number of nitrogens with one attached hydrogen (secondary N) is 3. The van der Waals surface area contributed by atoms with Gasteiger partial charge in [0.1, 0.15) is 0 Å². The summed E-state index contributed by atoms with van der Waals surface area (Å²) in [6, 6.07) is 5.81. The average molecular weight is 380 g/mol. The molecule has 0 aliphatic heterocycles. The highest BCUT2D eigenvalue weighted by Gasteiger charge is 2.11. The Labute approximate surface area is 164 Å². The molecule has 3 amide bonds. The fourth-order valence-corrected chi connectivity index (χ4v) is 2.68. The molecular formula is C21H24N4O3. The molecule has 1 aliphatic rings. The van der Waals surface area contributed by atoms with E-state index in [4.69, 9.17) is 0 Å². The van der Waals surface area contributed by atoms with E-state index in [2.05, 4.69) is 26.9 Å². The van der Waals surface area contributed by atoms with Gasteiger partial charge in [0.05, 0.1) is 12.0 Å². The molecular weight excluding hydrogens is 356 g/mol. The minimum absolute atomic E-state index is 0.0642. The Morgan fingerprint density at radius 3 is 2.32 bits per heavy atom. The van der Waals surface area contributed by atoms with Crippen LogP contribution in [0.1, 0.15) is 37.8 Å². The van der Waals surface area contributed by atoms with Crippen LogP contribution in [0.3, 0.4) is 0 Å². The van der Waals surface area contributed by atoms with Crippen molar-refractivity contribution in [2.75, 3.05) is 5.32 Å². The molecule has 0 bridgehead atoms. The zero-order chi connectivity index (χ0) is 20.7. The van der Waals surface area contributed by atoms with E-state index in [-0.39, 0.29) is 18.2 Å². The molecule has 7 nitrogen and oxygen atoms in total. The molecule has 0 unspecified atom stereocenters. The molecule has 1 aromatic rings. The molecule has 7 heteroatoms. The molecule has 0 saturated heterocycles. The number of carbonyl (C=O) groups is 3. The van der Waals surface area contributed by atoms with Gasteiger partial charge in [0.25, 0.3) is 5.91 Å². The number of allylic oxidation sites excluding steroid dienone is 2. The van der Waals surface area contributed by atoms with E-state index in [1.54, 1.807) is 13.0 Å². The second-order valence-electron chi connectivity index (χ2n) is 6.70. The lowest BCUT2D eigenvalue weighted by molar-refractivity contribution is -0.118. The van der Waals surface area contributed by atoms with E-state index >= 15 is 0 Å². The first-order chi connectivity index (χ1) is 13.2. The summed E-state index contributed by atoms with van der Waals surface area (Å²) in [5, 5.41) is 9.43. The van der Waals surface area contributed by atoms with E-state index < -0.39 is 5.91 Å². The second kappa shape index (κ2) is 9.48. The van der Waals surface area contributed by atoms with Gasteiger partial charge in [0, 0.05) is 36.5 Å². The number of hydrogen-bond acceptors (Lipinski definition) is 4. The van der Waals surface area contributed by atoms with Crippen LogP contribution in [0.4, 0.5) is 5.69 Å². The van der Waals surface area contributed by atoms with Crippen LogP contribution in [0.5, 0.6) is 0 Å². The van der Waals surface area contributed by atoms with Crippen LogP contribution in [0.25, 0.3) is 0 Å². The van der Waals surface area contributed by atoms with Crippen molar-refractivity contribution in [2.24, 2.45) is 5.10 Å². The first-order valence-corrected chi connectivity index (χ1v) is 8.88. The lowest BCUT2D eigenvalue weighted by Gasteiger charge is -2.09. The third-order valence-electron chi connectivity index (χ3n) is 3.79. The summed E-state index contributed by atoms with van der Waals surface area (Å²) < 4.78 is 0. The molecule has 3 N–H and O–H groups in total. The maximum absolute atomic E-state index is 12.1. The summed E-state index contributed by atoms with van der Waals surface area (Å²) in [7, 11) is 0. The van der Waals surface area contributed by atoms with Gasteiger partial charge in [-0.15, -0.1) is 5.73 Å². The molecule has 2 rings (SSSR count). The Bertz CT molecular complexity index is 915. The number of rotatable bonds is 6. The highest BCUT2D eigenvalue weighted by Crippen LogP contribution is 2.14. The van der Waals surface area contributed by atoms with Crippen LogP contribution in [0.2, 0.25) is 0 Å². The van der Waals surface area contributed by atoms with Crippen molar-refractivity contribution >= 4 is 29.1 Å². The van der Waals surface area contributed by atoms with Gasteiger partial charge in [-0.2, -0.15) is 5.10 Å². The fourth-order valence-electron chi connectivity index (χ4n) is 2.68. The van der Waals surface area contributed by atoms with Crippen LogP contribution in [-0.4, -0.2) is 23.4 Å². The van der Waals surface area contributed by atoms with E-state index in [9.17, 15) is 14.4 Å². The Morgan fingerprint density at radius 2 is 1.75 bits per heavy atom. The number of benzene rings is 1. The topological polar surface area (TPSA) is 99.7 Å². The predicted molar refractivity (Wildman–Crippen MR) is 109 cm³/mol. The molecule has 0 fully saturated rings. The molecule has 1 aromatic carbocycles. The van der Waals surface area contributed by atoms with Crippen LogP contribution >= 0.6 is 0 Å². The highest BCUT2D eigenvalue weighted by atomic mass is 16.2. The van der Waals surface area contributed by atoms with Crippen LogP contribution in [-0.2, 0) is 14.4 Å². The van der Waals surface area contributed by atoms with E-state index in [0.29, 0.717) is 23.4 Å². The number of anilines is 1. The van der Waals surface area contributed by atoms with Crippen molar-refractivity contribution in [3.63, 3.8) is 0 Å². The first-order valence-electron chi connectivity index (χ1n) is 8.88. The van der Waals surface area contributed by atoms with Crippen LogP contribution in [0.15, 0.2) is 52.5 Å². The molecule has 0 radical (unpaired) electrons. The molecule has 0 saturated carbocycles. The quantitative estimate of drug-likeness (QED) is 0.402. The van der Waals surface area contributed by atoms with Gasteiger partial charge < -0.3 is 10.6 Å². The lowest BCUT2D eigenvalue weighted by Crippen LogP contribution is -2.24. The monoisotopic (exact) mass is 380 g/mol. The summed E-state index contributed by atoms with van der Waals surface area (Å²) in [6.45, 7) is 7.01. The fraction of sp³-hybridized carbons (Fsp3) is 0.286. The summed E-state index contributed by atoms with van der Waals surface area (Å²) >= 11 is 0. The van der Waals surface area contributed by atoms with E-state index in [0.717, 1.165) is 16.8 Å². The largest absolute Gasteiger partial charge is 0.326 e. The van der Waals surface area contributed by atoms with Crippen LogP contribution in [0, 0.1) is 13.8 Å². The average Bonchev–Trinajstić information content (AvgIpc) is 2.58. The van der Waals surface area contributed by atoms with Crippen molar-refractivity contribution in [1.82, 2.24) is 10.7 Å².